The van der Waals surface area contributed by atoms with Gasteiger partial charge < -0.3 is 11.1 Å². The molecular formula is C26H25BrClN5O2. The first-order valence-corrected chi connectivity index (χ1v) is 12.3. The SMILES string of the molecule is CCC(C)(NC(=O)c1nc(Br)cnc1N)C(C)c1cc2cccc(Cl)c2c(=O)n1-c1ccccc1. The highest BCUT2D eigenvalue weighted by molar-refractivity contribution is 9.10. The Morgan fingerprint density at radius 1 is 1.23 bits per heavy atom. The zero-order valence-corrected chi connectivity index (χ0v) is 21.9. The van der Waals surface area contributed by atoms with Crippen LogP contribution in [0, 0.1) is 0 Å². The summed E-state index contributed by atoms with van der Waals surface area (Å²) in [6, 6.07) is 16.8. The molecular weight excluding hydrogens is 530 g/mol. The topological polar surface area (TPSA) is 103 Å². The van der Waals surface area contributed by atoms with Crippen molar-refractivity contribution in [2.45, 2.75) is 38.6 Å². The van der Waals surface area contributed by atoms with Gasteiger partial charge in [0.05, 0.1) is 16.6 Å². The predicted molar refractivity (Wildman–Crippen MR) is 143 cm³/mol. The van der Waals surface area contributed by atoms with Crippen LogP contribution in [0.3, 0.4) is 0 Å². The first kappa shape index (κ1) is 24.9. The minimum atomic E-state index is -0.747. The molecule has 9 heteroatoms. The molecule has 1 amide bonds. The number of nitrogen functional groups attached to an aromatic ring is 1. The first-order valence-electron chi connectivity index (χ1n) is 11.2. The molecule has 0 bridgehead atoms. The van der Waals surface area contributed by atoms with E-state index in [1.807, 2.05) is 69.3 Å². The Morgan fingerprint density at radius 3 is 2.63 bits per heavy atom. The van der Waals surface area contributed by atoms with Gasteiger partial charge >= 0.3 is 0 Å². The Kier molecular flexibility index (Phi) is 6.96. The molecule has 0 aliphatic heterocycles. The lowest BCUT2D eigenvalue weighted by Crippen LogP contribution is -2.50. The number of halogens is 2. The number of aromatic nitrogens is 3. The van der Waals surface area contributed by atoms with E-state index in [1.165, 1.54) is 6.20 Å². The average Bonchev–Trinajstić information content (AvgIpc) is 2.85. The lowest BCUT2D eigenvalue weighted by Gasteiger charge is -2.37. The summed E-state index contributed by atoms with van der Waals surface area (Å²) in [7, 11) is 0. The maximum Gasteiger partial charge on any atom is 0.274 e. The van der Waals surface area contributed by atoms with Gasteiger partial charge in [0.1, 0.15) is 4.60 Å². The molecule has 180 valence electrons. The highest BCUT2D eigenvalue weighted by Gasteiger charge is 2.35. The second kappa shape index (κ2) is 9.79. The second-order valence-corrected chi connectivity index (χ2v) is 9.84. The highest BCUT2D eigenvalue weighted by Crippen LogP contribution is 2.34. The number of hydrogen-bond acceptors (Lipinski definition) is 5. The van der Waals surface area contributed by atoms with Crippen LogP contribution in [0.2, 0.25) is 5.02 Å². The molecule has 2 aromatic carbocycles. The number of nitrogens with two attached hydrogens (primary N) is 1. The number of benzene rings is 2. The van der Waals surface area contributed by atoms with E-state index in [0.717, 1.165) is 11.1 Å². The third-order valence-electron chi connectivity index (χ3n) is 6.56. The van der Waals surface area contributed by atoms with Gasteiger partial charge in [-0.15, -0.1) is 0 Å². The molecule has 2 atom stereocenters. The van der Waals surface area contributed by atoms with Gasteiger partial charge in [-0.25, -0.2) is 9.97 Å². The van der Waals surface area contributed by atoms with Crippen molar-refractivity contribution in [1.29, 1.82) is 0 Å². The molecule has 35 heavy (non-hydrogen) atoms. The molecule has 0 radical (unpaired) electrons. The van der Waals surface area contributed by atoms with Crippen LogP contribution in [0.25, 0.3) is 16.5 Å². The molecule has 0 saturated heterocycles. The van der Waals surface area contributed by atoms with E-state index in [0.29, 0.717) is 27.1 Å². The van der Waals surface area contributed by atoms with Gasteiger partial charge in [0, 0.05) is 22.8 Å². The number of fused-ring (bicyclic) bond motifs is 1. The van der Waals surface area contributed by atoms with Crippen LogP contribution < -0.4 is 16.6 Å². The number of pyridine rings is 1. The molecule has 0 saturated carbocycles. The number of hydrogen-bond donors (Lipinski definition) is 2. The molecule has 2 aromatic heterocycles. The van der Waals surface area contributed by atoms with Gasteiger partial charge in [0.25, 0.3) is 11.5 Å². The molecule has 7 nitrogen and oxygen atoms in total. The van der Waals surface area contributed by atoms with Crippen molar-refractivity contribution >= 4 is 50.0 Å². The fraction of sp³-hybridized carbons (Fsp3) is 0.231. The van der Waals surface area contributed by atoms with Crippen LogP contribution in [0.1, 0.15) is 49.3 Å². The van der Waals surface area contributed by atoms with E-state index < -0.39 is 11.4 Å². The Labute approximate surface area is 216 Å². The number of anilines is 1. The van der Waals surface area contributed by atoms with Gasteiger partial charge in [-0.3, -0.25) is 14.2 Å². The van der Waals surface area contributed by atoms with E-state index >= 15 is 0 Å². The molecule has 0 spiro atoms. The number of para-hydroxylation sites is 1. The van der Waals surface area contributed by atoms with Crippen molar-refractivity contribution in [2.24, 2.45) is 0 Å². The number of carbonyl (C=O) groups is 1. The maximum atomic E-state index is 13.8. The predicted octanol–water partition coefficient (Wildman–Crippen LogP) is 5.48. The van der Waals surface area contributed by atoms with Gasteiger partial charge in [-0.2, -0.15) is 0 Å². The lowest BCUT2D eigenvalue weighted by molar-refractivity contribution is 0.0884. The Bertz CT molecular complexity index is 1470. The molecule has 2 unspecified atom stereocenters. The maximum absolute atomic E-state index is 13.8. The van der Waals surface area contributed by atoms with Crippen LogP contribution in [0.4, 0.5) is 5.82 Å². The standard InChI is InChI=1S/C26H25BrClN5O2/c1-4-26(3,32-24(34)22-23(29)30-14-20(27)31-22)15(2)19-13-16-9-8-12-18(28)21(16)25(35)33(19)17-10-6-5-7-11-17/h5-15H,4H2,1-3H3,(H2,29,30)(H,32,34). The Morgan fingerprint density at radius 2 is 1.94 bits per heavy atom. The van der Waals surface area contributed by atoms with Gasteiger partial charge in [-0.1, -0.05) is 55.8 Å². The molecule has 4 aromatic rings. The van der Waals surface area contributed by atoms with E-state index in [1.54, 1.807) is 10.6 Å². The lowest BCUT2D eigenvalue weighted by atomic mass is 9.81. The molecule has 0 aliphatic carbocycles. The summed E-state index contributed by atoms with van der Waals surface area (Å²) in [5, 5.41) is 4.69. The quantitative estimate of drug-likeness (QED) is 0.328. The smallest absolute Gasteiger partial charge is 0.274 e. The summed E-state index contributed by atoms with van der Waals surface area (Å²) < 4.78 is 2.08. The first-order chi connectivity index (χ1) is 16.7. The normalized spacial score (nSPS) is 13.9. The molecule has 3 N–H and O–H groups in total. The van der Waals surface area contributed by atoms with Crippen LogP contribution >= 0.6 is 27.5 Å². The summed E-state index contributed by atoms with van der Waals surface area (Å²) >= 11 is 9.68. The largest absolute Gasteiger partial charge is 0.382 e. The second-order valence-electron chi connectivity index (χ2n) is 8.62. The van der Waals surface area contributed by atoms with Crippen LogP contribution in [0.5, 0.6) is 0 Å². The summed E-state index contributed by atoms with van der Waals surface area (Å²) in [4.78, 5) is 35.2. The number of nitrogens with zero attached hydrogens (tertiary/aromatic N) is 3. The van der Waals surface area contributed by atoms with E-state index in [9.17, 15) is 9.59 Å². The zero-order chi connectivity index (χ0) is 25.3. The summed E-state index contributed by atoms with van der Waals surface area (Å²) in [6.45, 7) is 5.92. The molecule has 0 aliphatic rings. The minimum absolute atomic E-state index is 0.0389. The fourth-order valence-corrected chi connectivity index (χ4v) is 4.74. The number of carbonyl (C=O) groups excluding carboxylic acids is 1. The van der Waals surface area contributed by atoms with Crippen LogP contribution in [-0.4, -0.2) is 26.0 Å². The van der Waals surface area contributed by atoms with Crippen LogP contribution in [0.15, 0.2) is 70.2 Å². The summed E-state index contributed by atoms with van der Waals surface area (Å²) in [5.74, 6) is -0.683. The fourth-order valence-electron chi connectivity index (χ4n) is 4.19. The average molecular weight is 555 g/mol. The molecule has 4 rings (SSSR count). The zero-order valence-electron chi connectivity index (χ0n) is 19.5. The van der Waals surface area contributed by atoms with Crippen molar-refractivity contribution in [1.82, 2.24) is 19.9 Å². The van der Waals surface area contributed by atoms with Crippen LogP contribution in [-0.2, 0) is 0 Å². The van der Waals surface area contributed by atoms with Crippen molar-refractivity contribution in [3.05, 3.63) is 92.2 Å². The van der Waals surface area contributed by atoms with Crippen molar-refractivity contribution in [3.63, 3.8) is 0 Å². The highest BCUT2D eigenvalue weighted by atomic mass is 79.9. The van der Waals surface area contributed by atoms with Gasteiger partial charge in [0.15, 0.2) is 11.5 Å². The number of nitrogens with one attached hydrogen (secondary N) is 1. The number of amides is 1. The Balaban J connectivity index is 1.87. The van der Waals surface area contributed by atoms with E-state index in [2.05, 4.69) is 31.2 Å². The van der Waals surface area contributed by atoms with Crippen molar-refractivity contribution < 1.29 is 4.79 Å². The summed E-state index contributed by atoms with van der Waals surface area (Å²) in [5.41, 5.74) is 6.46. The Hall–Kier alpha value is -3.23. The third-order valence-corrected chi connectivity index (χ3v) is 7.26. The van der Waals surface area contributed by atoms with E-state index in [-0.39, 0.29) is 23.0 Å². The molecule has 2 heterocycles. The number of rotatable bonds is 6. The monoisotopic (exact) mass is 553 g/mol. The van der Waals surface area contributed by atoms with Gasteiger partial charge in [0.2, 0.25) is 0 Å². The summed E-state index contributed by atoms with van der Waals surface area (Å²) in [6.07, 6.45) is 2.02. The third kappa shape index (κ3) is 4.68. The molecule has 0 fully saturated rings. The minimum Gasteiger partial charge on any atom is -0.382 e. The van der Waals surface area contributed by atoms with Crippen molar-refractivity contribution in [3.8, 4) is 5.69 Å². The van der Waals surface area contributed by atoms with Gasteiger partial charge in [-0.05, 0) is 58.9 Å². The van der Waals surface area contributed by atoms with E-state index in [4.69, 9.17) is 17.3 Å². The van der Waals surface area contributed by atoms with Crippen molar-refractivity contribution in [2.75, 3.05) is 5.73 Å².